The predicted octanol–water partition coefficient (Wildman–Crippen LogP) is 0.734. The average Bonchev–Trinajstić information content (AvgIpc) is 2.45. The summed E-state index contributed by atoms with van der Waals surface area (Å²) in [6.45, 7) is 2.01. The first-order valence-corrected chi connectivity index (χ1v) is 7.70. The van der Waals surface area contributed by atoms with Crippen LogP contribution in [0.3, 0.4) is 0 Å². The van der Waals surface area contributed by atoms with Crippen molar-refractivity contribution in [1.82, 2.24) is 4.72 Å². The Labute approximate surface area is 120 Å². The van der Waals surface area contributed by atoms with Crippen LogP contribution in [0.4, 0.5) is 0 Å². The molecule has 0 saturated carbocycles. The molecule has 1 aromatic rings. The SMILES string of the molecule is COC(C)CNS(=O)(=O)c1ccc(C#CCCO)cc1. The van der Waals surface area contributed by atoms with Crippen molar-refractivity contribution >= 4 is 10.0 Å². The summed E-state index contributed by atoms with van der Waals surface area (Å²) in [5.41, 5.74) is 0.711. The molecule has 0 bridgehead atoms. The zero-order chi connectivity index (χ0) is 15.0. The molecule has 1 rings (SSSR count). The van der Waals surface area contributed by atoms with Gasteiger partial charge < -0.3 is 9.84 Å². The summed E-state index contributed by atoms with van der Waals surface area (Å²) >= 11 is 0. The van der Waals surface area contributed by atoms with Crippen molar-refractivity contribution in [2.75, 3.05) is 20.3 Å². The molecule has 0 aromatic heterocycles. The number of aliphatic hydroxyl groups excluding tert-OH is 1. The van der Waals surface area contributed by atoms with Crippen molar-refractivity contribution in [2.45, 2.75) is 24.3 Å². The van der Waals surface area contributed by atoms with Gasteiger partial charge in [-0.15, -0.1) is 0 Å². The summed E-state index contributed by atoms with van der Waals surface area (Å²) in [6.07, 6.45) is 0.213. The number of hydrogen-bond acceptors (Lipinski definition) is 4. The Bertz CT molecular complexity index is 569. The highest BCUT2D eigenvalue weighted by Crippen LogP contribution is 2.10. The Morgan fingerprint density at radius 2 is 2.00 bits per heavy atom. The lowest BCUT2D eigenvalue weighted by Crippen LogP contribution is -2.31. The van der Waals surface area contributed by atoms with Crippen molar-refractivity contribution in [2.24, 2.45) is 0 Å². The first-order valence-electron chi connectivity index (χ1n) is 6.22. The second-order valence-corrected chi connectivity index (χ2v) is 5.96. The third-order valence-electron chi connectivity index (χ3n) is 2.60. The van der Waals surface area contributed by atoms with E-state index in [0.29, 0.717) is 12.0 Å². The largest absolute Gasteiger partial charge is 0.395 e. The predicted molar refractivity (Wildman–Crippen MR) is 76.7 cm³/mol. The van der Waals surface area contributed by atoms with Crippen molar-refractivity contribution < 1.29 is 18.3 Å². The van der Waals surface area contributed by atoms with Crippen molar-refractivity contribution in [3.8, 4) is 11.8 Å². The Kier molecular flexibility index (Phi) is 6.68. The van der Waals surface area contributed by atoms with Crippen molar-refractivity contribution in [1.29, 1.82) is 0 Å². The van der Waals surface area contributed by atoms with Gasteiger partial charge in [-0.25, -0.2) is 13.1 Å². The molecule has 0 aliphatic rings. The zero-order valence-corrected chi connectivity index (χ0v) is 12.4. The molecule has 2 N–H and O–H groups in total. The number of nitrogens with one attached hydrogen (secondary N) is 1. The van der Waals surface area contributed by atoms with E-state index >= 15 is 0 Å². The summed E-state index contributed by atoms with van der Waals surface area (Å²) in [7, 11) is -2.00. The highest BCUT2D eigenvalue weighted by Gasteiger charge is 2.14. The van der Waals surface area contributed by atoms with Crippen LogP contribution in [0.25, 0.3) is 0 Å². The summed E-state index contributed by atoms with van der Waals surface area (Å²) < 4.78 is 31.4. The number of ether oxygens (including phenoxy) is 1. The minimum Gasteiger partial charge on any atom is -0.395 e. The molecule has 1 aromatic carbocycles. The maximum Gasteiger partial charge on any atom is 0.240 e. The van der Waals surface area contributed by atoms with E-state index in [2.05, 4.69) is 16.6 Å². The highest BCUT2D eigenvalue weighted by atomic mass is 32.2. The number of sulfonamides is 1. The van der Waals surface area contributed by atoms with E-state index in [1.807, 2.05) is 0 Å². The molecule has 0 saturated heterocycles. The Morgan fingerprint density at radius 3 is 2.55 bits per heavy atom. The van der Waals surface area contributed by atoms with Crippen LogP contribution in [0.15, 0.2) is 29.2 Å². The fraction of sp³-hybridized carbons (Fsp3) is 0.429. The van der Waals surface area contributed by atoms with E-state index in [-0.39, 0.29) is 24.2 Å². The summed E-state index contributed by atoms with van der Waals surface area (Å²) in [5.74, 6) is 5.61. The third kappa shape index (κ3) is 5.31. The topological polar surface area (TPSA) is 75.6 Å². The maximum atomic E-state index is 12.0. The quantitative estimate of drug-likeness (QED) is 0.759. The van der Waals surface area contributed by atoms with Gasteiger partial charge in [0.25, 0.3) is 0 Å². The molecule has 0 spiro atoms. The number of hydrogen-bond donors (Lipinski definition) is 2. The summed E-state index contributed by atoms with van der Waals surface area (Å²) in [5, 5.41) is 8.62. The molecule has 0 radical (unpaired) electrons. The van der Waals surface area contributed by atoms with Crippen LogP contribution in [-0.4, -0.2) is 39.9 Å². The van der Waals surface area contributed by atoms with Crippen molar-refractivity contribution in [3.05, 3.63) is 29.8 Å². The van der Waals surface area contributed by atoms with Crippen LogP contribution >= 0.6 is 0 Å². The second kappa shape index (κ2) is 8.02. The molecule has 20 heavy (non-hydrogen) atoms. The summed E-state index contributed by atoms with van der Waals surface area (Å²) in [4.78, 5) is 0.188. The molecule has 0 fully saturated rings. The molecule has 0 aliphatic heterocycles. The number of aliphatic hydroxyl groups is 1. The van der Waals surface area contributed by atoms with Gasteiger partial charge in [0.2, 0.25) is 10.0 Å². The summed E-state index contributed by atoms with van der Waals surface area (Å²) in [6, 6.07) is 6.28. The van der Waals surface area contributed by atoms with Crippen LogP contribution in [0.5, 0.6) is 0 Å². The molecule has 5 nitrogen and oxygen atoms in total. The minimum atomic E-state index is -3.53. The average molecular weight is 297 g/mol. The van der Waals surface area contributed by atoms with Crippen LogP contribution in [0.1, 0.15) is 18.9 Å². The Hall–Kier alpha value is -1.39. The fourth-order valence-electron chi connectivity index (χ4n) is 1.33. The van der Waals surface area contributed by atoms with Crippen LogP contribution in [0, 0.1) is 11.8 Å². The van der Waals surface area contributed by atoms with Gasteiger partial charge in [-0.05, 0) is 31.2 Å². The van der Waals surface area contributed by atoms with Gasteiger partial charge in [-0.1, -0.05) is 11.8 Å². The van der Waals surface area contributed by atoms with Gasteiger partial charge in [0, 0.05) is 25.6 Å². The first kappa shape index (κ1) is 16.7. The van der Waals surface area contributed by atoms with Crippen LogP contribution in [0.2, 0.25) is 0 Å². The minimum absolute atomic E-state index is 0.0149. The normalized spacial score (nSPS) is 12.6. The van der Waals surface area contributed by atoms with E-state index in [0.717, 1.165) is 0 Å². The van der Waals surface area contributed by atoms with Gasteiger partial charge in [0.15, 0.2) is 0 Å². The molecule has 1 atom stereocenters. The molecule has 0 amide bonds. The third-order valence-corrected chi connectivity index (χ3v) is 4.04. The molecular weight excluding hydrogens is 278 g/mol. The maximum absolute atomic E-state index is 12.0. The molecule has 0 aliphatic carbocycles. The fourth-order valence-corrected chi connectivity index (χ4v) is 2.45. The van der Waals surface area contributed by atoms with Crippen LogP contribution < -0.4 is 4.72 Å². The lowest BCUT2D eigenvalue weighted by molar-refractivity contribution is 0.122. The van der Waals surface area contributed by atoms with Gasteiger partial charge in [-0.2, -0.15) is 0 Å². The number of rotatable bonds is 6. The van der Waals surface area contributed by atoms with Gasteiger partial charge in [0.1, 0.15) is 0 Å². The lowest BCUT2D eigenvalue weighted by Gasteiger charge is -2.11. The van der Waals surface area contributed by atoms with E-state index in [9.17, 15) is 8.42 Å². The monoisotopic (exact) mass is 297 g/mol. The Morgan fingerprint density at radius 1 is 1.35 bits per heavy atom. The van der Waals surface area contributed by atoms with E-state index in [1.165, 1.54) is 19.2 Å². The molecule has 1 unspecified atom stereocenters. The smallest absolute Gasteiger partial charge is 0.240 e. The number of benzene rings is 1. The highest BCUT2D eigenvalue weighted by molar-refractivity contribution is 7.89. The Balaban J connectivity index is 2.75. The standard InChI is InChI=1S/C14H19NO4S/c1-12(19-2)11-15-20(17,18)14-8-6-13(7-9-14)5-3-4-10-16/h6-9,12,15-16H,4,10-11H2,1-2H3. The van der Waals surface area contributed by atoms with Gasteiger partial charge in [-0.3, -0.25) is 0 Å². The first-order chi connectivity index (χ1) is 9.49. The lowest BCUT2D eigenvalue weighted by atomic mass is 10.2. The second-order valence-electron chi connectivity index (χ2n) is 4.20. The molecule has 6 heteroatoms. The van der Waals surface area contributed by atoms with E-state index < -0.39 is 10.0 Å². The molecular formula is C14H19NO4S. The van der Waals surface area contributed by atoms with E-state index in [1.54, 1.807) is 19.1 Å². The van der Waals surface area contributed by atoms with Gasteiger partial charge in [0.05, 0.1) is 17.6 Å². The van der Waals surface area contributed by atoms with Crippen molar-refractivity contribution in [3.63, 3.8) is 0 Å². The zero-order valence-electron chi connectivity index (χ0n) is 11.6. The van der Waals surface area contributed by atoms with Crippen LogP contribution in [-0.2, 0) is 14.8 Å². The molecule has 0 heterocycles. The number of methoxy groups -OCH3 is 1. The van der Waals surface area contributed by atoms with E-state index in [4.69, 9.17) is 9.84 Å². The molecule has 110 valence electrons. The van der Waals surface area contributed by atoms with Gasteiger partial charge >= 0.3 is 0 Å².